The number of hydrogen-bond donors (Lipinski definition) is 2. The number of amides is 1. The first-order valence-corrected chi connectivity index (χ1v) is 11.6. The van der Waals surface area contributed by atoms with Gasteiger partial charge in [-0.1, -0.05) is 55.0 Å². The lowest BCUT2D eigenvalue weighted by Gasteiger charge is -2.42. The molecule has 1 saturated carbocycles. The van der Waals surface area contributed by atoms with Gasteiger partial charge in [-0.05, 0) is 48.7 Å². The largest absolute Gasteiger partial charge is 0.351 e. The molecule has 2 N–H and O–H groups in total. The van der Waals surface area contributed by atoms with Crippen LogP contribution in [0.3, 0.4) is 0 Å². The lowest BCUT2D eigenvalue weighted by molar-refractivity contribution is 0.0927. The number of anilines is 1. The van der Waals surface area contributed by atoms with E-state index in [1.54, 1.807) is 6.07 Å². The van der Waals surface area contributed by atoms with E-state index in [4.69, 9.17) is 0 Å². The van der Waals surface area contributed by atoms with Crippen LogP contribution in [0.5, 0.6) is 0 Å². The molecule has 3 aromatic rings. The van der Waals surface area contributed by atoms with E-state index in [-0.39, 0.29) is 27.5 Å². The maximum absolute atomic E-state index is 13.8. The molecule has 1 aliphatic carbocycles. The molecule has 1 amide bonds. The second-order valence-corrected chi connectivity index (χ2v) is 9.48. The van der Waals surface area contributed by atoms with Crippen LogP contribution in [-0.2, 0) is 15.4 Å². The molecule has 0 heterocycles. The molecule has 0 aromatic heterocycles. The van der Waals surface area contributed by atoms with Crippen LogP contribution in [0.4, 0.5) is 10.1 Å². The minimum absolute atomic E-state index is 0.0764. The Balaban J connectivity index is 1.49. The zero-order valence-corrected chi connectivity index (χ0v) is 17.7. The fourth-order valence-corrected chi connectivity index (χ4v) is 4.98. The fraction of sp³-hybridized carbons (Fsp3) is 0.208. The number of rotatable bonds is 7. The predicted molar refractivity (Wildman–Crippen MR) is 118 cm³/mol. The number of hydrogen-bond acceptors (Lipinski definition) is 3. The summed E-state index contributed by atoms with van der Waals surface area (Å²) in [4.78, 5) is 12.7. The van der Waals surface area contributed by atoms with Crippen molar-refractivity contribution >= 4 is 21.6 Å². The summed E-state index contributed by atoms with van der Waals surface area (Å²) in [6.45, 7) is 0.486. The normalized spacial score (nSPS) is 15.0. The zero-order valence-electron chi connectivity index (χ0n) is 16.8. The van der Waals surface area contributed by atoms with Gasteiger partial charge in [-0.2, -0.15) is 0 Å². The van der Waals surface area contributed by atoms with Gasteiger partial charge in [-0.15, -0.1) is 0 Å². The Labute approximate surface area is 181 Å². The topological polar surface area (TPSA) is 75.3 Å². The molecule has 0 unspecified atom stereocenters. The molecule has 0 spiro atoms. The molecule has 0 bridgehead atoms. The molecule has 31 heavy (non-hydrogen) atoms. The van der Waals surface area contributed by atoms with E-state index in [1.165, 1.54) is 48.0 Å². The van der Waals surface area contributed by atoms with Gasteiger partial charge in [-0.25, -0.2) is 12.8 Å². The van der Waals surface area contributed by atoms with Crippen LogP contribution in [0, 0.1) is 5.82 Å². The van der Waals surface area contributed by atoms with Gasteiger partial charge in [0.2, 0.25) is 0 Å². The van der Waals surface area contributed by atoms with Crippen molar-refractivity contribution in [1.82, 2.24) is 5.32 Å². The van der Waals surface area contributed by atoms with Gasteiger partial charge in [0, 0.05) is 17.5 Å². The van der Waals surface area contributed by atoms with E-state index in [9.17, 15) is 17.6 Å². The van der Waals surface area contributed by atoms with Gasteiger partial charge in [0.25, 0.3) is 15.9 Å². The first-order valence-electron chi connectivity index (χ1n) is 10.1. The third kappa shape index (κ3) is 4.46. The van der Waals surface area contributed by atoms with Crippen LogP contribution in [0.25, 0.3) is 0 Å². The number of carbonyl (C=O) groups excluding carboxylic acids is 1. The summed E-state index contributed by atoms with van der Waals surface area (Å²) in [5.41, 5.74) is 1.21. The number of nitrogens with one attached hydrogen (secondary N) is 2. The highest BCUT2D eigenvalue weighted by Gasteiger charge is 2.38. The lowest BCUT2D eigenvalue weighted by Crippen LogP contribution is -2.45. The average Bonchev–Trinajstić information content (AvgIpc) is 2.75. The summed E-state index contributed by atoms with van der Waals surface area (Å²) >= 11 is 0. The number of halogens is 1. The van der Waals surface area contributed by atoms with Crippen molar-refractivity contribution in [3.05, 3.63) is 95.8 Å². The van der Waals surface area contributed by atoms with Crippen LogP contribution in [0.1, 0.15) is 35.2 Å². The van der Waals surface area contributed by atoms with Gasteiger partial charge in [0.1, 0.15) is 5.82 Å². The third-order valence-electron chi connectivity index (χ3n) is 5.81. The Morgan fingerprint density at radius 2 is 1.65 bits per heavy atom. The second-order valence-electron chi connectivity index (χ2n) is 7.80. The molecule has 0 atom stereocenters. The molecule has 7 heteroatoms. The van der Waals surface area contributed by atoms with Gasteiger partial charge < -0.3 is 5.32 Å². The van der Waals surface area contributed by atoms with Crippen molar-refractivity contribution in [2.24, 2.45) is 0 Å². The zero-order chi connectivity index (χ0) is 21.9. The molecule has 1 aliphatic rings. The average molecular weight is 439 g/mol. The Hall–Kier alpha value is -3.19. The molecule has 5 nitrogen and oxygen atoms in total. The molecular weight excluding hydrogens is 415 g/mol. The maximum Gasteiger partial charge on any atom is 0.262 e. The van der Waals surface area contributed by atoms with E-state index in [0.717, 1.165) is 19.3 Å². The molecule has 0 saturated heterocycles. The molecular formula is C24H23FN2O3S. The number of sulfonamides is 1. The van der Waals surface area contributed by atoms with Crippen molar-refractivity contribution in [3.8, 4) is 0 Å². The Morgan fingerprint density at radius 1 is 0.935 bits per heavy atom. The van der Waals surface area contributed by atoms with Crippen molar-refractivity contribution in [2.75, 3.05) is 11.3 Å². The lowest BCUT2D eigenvalue weighted by atomic mass is 9.64. The van der Waals surface area contributed by atoms with E-state index in [2.05, 4.69) is 22.2 Å². The Morgan fingerprint density at radius 3 is 2.32 bits per heavy atom. The summed E-state index contributed by atoms with van der Waals surface area (Å²) in [7, 11) is -4.04. The standard InChI is InChI=1S/C24H23FN2O3S/c25-21-12-4-5-13-22(21)27-31(29,30)20-11-6-8-18(16-20)23(28)26-17-24(14-7-15-24)19-9-2-1-3-10-19/h1-6,8-13,16,27H,7,14-15,17H2,(H,26,28). The molecule has 160 valence electrons. The van der Waals surface area contributed by atoms with Crippen LogP contribution in [-0.4, -0.2) is 20.9 Å². The maximum atomic E-state index is 13.8. The number of carbonyl (C=O) groups is 1. The molecule has 3 aromatic carbocycles. The Bertz CT molecular complexity index is 1190. The van der Waals surface area contributed by atoms with E-state index in [0.29, 0.717) is 6.54 Å². The fourth-order valence-electron chi connectivity index (χ4n) is 3.87. The highest BCUT2D eigenvalue weighted by molar-refractivity contribution is 7.92. The predicted octanol–water partition coefficient (Wildman–Crippen LogP) is 4.48. The summed E-state index contributed by atoms with van der Waals surface area (Å²) < 4.78 is 41.4. The van der Waals surface area contributed by atoms with Crippen molar-refractivity contribution in [1.29, 1.82) is 0 Å². The van der Waals surface area contributed by atoms with Gasteiger partial charge >= 0.3 is 0 Å². The summed E-state index contributed by atoms with van der Waals surface area (Å²) in [5.74, 6) is -1.02. The molecule has 0 aliphatic heterocycles. The van der Waals surface area contributed by atoms with Crippen molar-refractivity contribution in [3.63, 3.8) is 0 Å². The van der Waals surface area contributed by atoms with Crippen molar-refractivity contribution < 1.29 is 17.6 Å². The van der Waals surface area contributed by atoms with Gasteiger partial charge in [0.05, 0.1) is 10.6 Å². The summed E-state index contributed by atoms with van der Waals surface area (Å²) in [6, 6.07) is 21.4. The minimum atomic E-state index is -4.04. The first kappa shape index (κ1) is 21.1. The number of benzene rings is 3. The highest BCUT2D eigenvalue weighted by atomic mass is 32.2. The van der Waals surface area contributed by atoms with E-state index >= 15 is 0 Å². The van der Waals surface area contributed by atoms with Crippen LogP contribution >= 0.6 is 0 Å². The third-order valence-corrected chi connectivity index (χ3v) is 7.17. The first-order chi connectivity index (χ1) is 14.9. The van der Waals surface area contributed by atoms with Crippen molar-refractivity contribution in [2.45, 2.75) is 29.6 Å². The van der Waals surface area contributed by atoms with Gasteiger partial charge in [-0.3, -0.25) is 9.52 Å². The van der Waals surface area contributed by atoms with Crippen LogP contribution in [0.2, 0.25) is 0 Å². The van der Waals surface area contributed by atoms with Gasteiger partial charge in [0.15, 0.2) is 0 Å². The summed E-state index contributed by atoms with van der Waals surface area (Å²) in [5, 5.41) is 2.96. The van der Waals surface area contributed by atoms with E-state index in [1.807, 2.05) is 18.2 Å². The quantitative estimate of drug-likeness (QED) is 0.571. The summed E-state index contributed by atoms with van der Waals surface area (Å²) in [6.07, 6.45) is 3.11. The SMILES string of the molecule is O=C(NCC1(c2ccccc2)CCC1)c1cccc(S(=O)(=O)Nc2ccccc2F)c1. The molecule has 0 radical (unpaired) electrons. The smallest absolute Gasteiger partial charge is 0.262 e. The highest BCUT2D eigenvalue weighted by Crippen LogP contribution is 2.43. The van der Waals surface area contributed by atoms with E-state index < -0.39 is 15.8 Å². The van der Waals surface area contributed by atoms with Crippen LogP contribution < -0.4 is 10.0 Å². The molecule has 4 rings (SSSR count). The number of para-hydroxylation sites is 1. The van der Waals surface area contributed by atoms with Crippen LogP contribution in [0.15, 0.2) is 83.8 Å². The Kier molecular flexibility index (Phi) is 5.78. The molecule has 1 fully saturated rings. The minimum Gasteiger partial charge on any atom is -0.351 e. The second kappa shape index (κ2) is 8.51. The monoisotopic (exact) mass is 438 g/mol.